The van der Waals surface area contributed by atoms with Gasteiger partial charge in [0.05, 0.1) is 26.4 Å². The second kappa shape index (κ2) is 9.56. The third-order valence-electron chi connectivity index (χ3n) is 1.78. The summed E-state index contributed by atoms with van der Waals surface area (Å²) < 4.78 is 45.2. The van der Waals surface area contributed by atoms with E-state index in [-0.39, 0.29) is 32.3 Å². The van der Waals surface area contributed by atoms with Crippen molar-refractivity contribution in [1.82, 2.24) is 10.6 Å². The fourth-order valence-electron chi connectivity index (χ4n) is 0.958. The number of alkyl halides is 3. The van der Waals surface area contributed by atoms with Gasteiger partial charge in [-0.2, -0.15) is 13.2 Å². The van der Waals surface area contributed by atoms with Crippen LogP contribution in [0.2, 0.25) is 0 Å². The quantitative estimate of drug-likeness (QED) is 0.577. The molecular formula is C10H17F3N2O4. The lowest BCUT2D eigenvalue weighted by atomic mass is 10.5. The summed E-state index contributed by atoms with van der Waals surface area (Å²) in [6.07, 6.45) is -4.87. The molecule has 0 atom stereocenters. The molecule has 0 rings (SSSR count). The minimum atomic E-state index is -4.87. The molecule has 0 bridgehead atoms. The van der Waals surface area contributed by atoms with Crippen molar-refractivity contribution in [3.8, 4) is 0 Å². The molecular weight excluding hydrogens is 269 g/mol. The zero-order valence-electron chi connectivity index (χ0n) is 10.5. The molecule has 0 aliphatic rings. The van der Waals surface area contributed by atoms with Crippen molar-refractivity contribution < 1.29 is 32.2 Å². The average Bonchev–Trinajstić information content (AvgIpc) is 2.29. The second-order valence-corrected chi connectivity index (χ2v) is 3.46. The minimum absolute atomic E-state index is 0.0309. The van der Waals surface area contributed by atoms with Crippen LogP contribution >= 0.6 is 0 Å². The molecule has 0 fully saturated rings. The Kier molecular flexibility index (Phi) is 8.88. The summed E-state index contributed by atoms with van der Waals surface area (Å²) >= 11 is 0. The van der Waals surface area contributed by atoms with E-state index in [1.54, 1.807) is 5.32 Å². The van der Waals surface area contributed by atoms with E-state index in [0.29, 0.717) is 13.2 Å². The number of hydrogen-bond acceptors (Lipinski definition) is 4. The molecule has 0 aliphatic heterocycles. The highest BCUT2D eigenvalue weighted by Gasteiger charge is 2.38. The Bertz CT molecular complexity index is 284. The van der Waals surface area contributed by atoms with E-state index in [0.717, 1.165) is 0 Å². The van der Waals surface area contributed by atoms with E-state index >= 15 is 0 Å². The van der Waals surface area contributed by atoms with Gasteiger partial charge in [0, 0.05) is 20.0 Å². The van der Waals surface area contributed by atoms with E-state index in [9.17, 15) is 22.8 Å². The van der Waals surface area contributed by atoms with Crippen LogP contribution in [0.3, 0.4) is 0 Å². The molecule has 0 saturated heterocycles. The van der Waals surface area contributed by atoms with Crippen LogP contribution in [0.4, 0.5) is 13.2 Å². The summed E-state index contributed by atoms with van der Waals surface area (Å²) in [6.45, 7) is 2.30. The van der Waals surface area contributed by atoms with E-state index in [2.05, 4.69) is 5.32 Å². The maximum absolute atomic E-state index is 11.8. The van der Waals surface area contributed by atoms with E-state index in [1.807, 2.05) is 0 Å². The minimum Gasteiger partial charge on any atom is -0.377 e. The highest BCUT2D eigenvalue weighted by atomic mass is 19.4. The predicted octanol–water partition coefficient (Wildman–Crippen LogP) is -0.166. The standard InChI is InChI=1S/C10H17F3N2O4/c1-8(16)14-2-4-18-6-7-19-5-3-15-9(17)10(11,12)13/h2-7H2,1H3,(H,14,16)(H,15,17). The smallest absolute Gasteiger partial charge is 0.377 e. The molecule has 0 aromatic carbocycles. The molecule has 0 spiro atoms. The molecule has 0 aliphatic carbocycles. The van der Waals surface area contributed by atoms with Crippen molar-refractivity contribution in [3.05, 3.63) is 0 Å². The third-order valence-corrected chi connectivity index (χ3v) is 1.78. The summed E-state index contributed by atoms with van der Waals surface area (Å²) in [5.41, 5.74) is 0. The van der Waals surface area contributed by atoms with Crippen LogP contribution in [-0.2, 0) is 19.1 Å². The van der Waals surface area contributed by atoms with Crippen LogP contribution < -0.4 is 10.6 Å². The normalized spacial score (nSPS) is 11.2. The van der Waals surface area contributed by atoms with Crippen LogP contribution in [0.1, 0.15) is 6.92 Å². The summed E-state index contributed by atoms with van der Waals surface area (Å²) in [5, 5.41) is 4.19. The number of ether oxygens (including phenoxy) is 2. The number of rotatable bonds is 9. The largest absolute Gasteiger partial charge is 0.471 e. The molecule has 19 heavy (non-hydrogen) atoms. The van der Waals surface area contributed by atoms with Gasteiger partial charge in [-0.15, -0.1) is 0 Å². The maximum Gasteiger partial charge on any atom is 0.471 e. The van der Waals surface area contributed by atoms with Gasteiger partial charge in [0.1, 0.15) is 0 Å². The van der Waals surface area contributed by atoms with Crippen molar-refractivity contribution in [2.75, 3.05) is 39.5 Å². The molecule has 2 amide bonds. The maximum atomic E-state index is 11.8. The SMILES string of the molecule is CC(=O)NCCOCCOCCNC(=O)C(F)(F)F. The number of carbonyl (C=O) groups excluding carboxylic acids is 2. The van der Waals surface area contributed by atoms with Crippen molar-refractivity contribution in [3.63, 3.8) is 0 Å². The van der Waals surface area contributed by atoms with Gasteiger partial charge in [-0.1, -0.05) is 0 Å². The summed E-state index contributed by atoms with van der Waals surface area (Å²) in [6, 6.07) is 0. The van der Waals surface area contributed by atoms with Gasteiger partial charge < -0.3 is 20.1 Å². The van der Waals surface area contributed by atoms with Crippen LogP contribution in [0.25, 0.3) is 0 Å². The van der Waals surface area contributed by atoms with Crippen molar-refractivity contribution >= 4 is 11.8 Å². The molecule has 0 heterocycles. The lowest BCUT2D eigenvalue weighted by Crippen LogP contribution is -2.38. The van der Waals surface area contributed by atoms with E-state index < -0.39 is 12.1 Å². The Hall–Kier alpha value is -1.35. The highest BCUT2D eigenvalue weighted by molar-refractivity contribution is 5.81. The monoisotopic (exact) mass is 286 g/mol. The van der Waals surface area contributed by atoms with Crippen molar-refractivity contribution in [2.24, 2.45) is 0 Å². The lowest BCUT2D eigenvalue weighted by Gasteiger charge is -2.08. The molecule has 112 valence electrons. The number of amides is 2. The third kappa shape index (κ3) is 11.5. The molecule has 0 radical (unpaired) electrons. The van der Waals surface area contributed by atoms with E-state index in [1.165, 1.54) is 6.92 Å². The zero-order valence-corrected chi connectivity index (χ0v) is 10.5. The fraction of sp³-hybridized carbons (Fsp3) is 0.800. The molecule has 0 aromatic rings. The molecule has 2 N–H and O–H groups in total. The van der Waals surface area contributed by atoms with Gasteiger partial charge in [-0.05, 0) is 0 Å². The van der Waals surface area contributed by atoms with Crippen molar-refractivity contribution in [1.29, 1.82) is 0 Å². The first kappa shape index (κ1) is 17.6. The lowest BCUT2D eigenvalue weighted by molar-refractivity contribution is -0.173. The van der Waals surface area contributed by atoms with E-state index in [4.69, 9.17) is 9.47 Å². The Morgan fingerprint density at radius 3 is 1.84 bits per heavy atom. The van der Waals surface area contributed by atoms with Gasteiger partial charge in [0.25, 0.3) is 0 Å². The fourth-order valence-corrected chi connectivity index (χ4v) is 0.958. The van der Waals surface area contributed by atoms with Crippen LogP contribution in [0, 0.1) is 0 Å². The Morgan fingerprint density at radius 1 is 0.947 bits per heavy atom. The number of halogens is 3. The van der Waals surface area contributed by atoms with Gasteiger partial charge >= 0.3 is 12.1 Å². The molecule has 0 aromatic heterocycles. The van der Waals surface area contributed by atoms with Gasteiger partial charge in [-0.3, -0.25) is 9.59 Å². The van der Waals surface area contributed by atoms with Gasteiger partial charge in [-0.25, -0.2) is 0 Å². The molecule has 6 nitrogen and oxygen atoms in total. The summed E-state index contributed by atoms with van der Waals surface area (Å²) in [7, 11) is 0. The van der Waals surface area contributed by atoms with Crippen LogP contribution in [0.5, 0.6) is 0 Å². The first-order valence-electron chi connectivity index (χ1n) is 5.59. The number of carbonyl (C=O) groups is 2. The summed E-state index contributed by atoms with van der Waals surface area (Å²) in [5.74, 6) is -2.14. The second-order valence-electron chi connectivity index (χ2n) is 3.46. The summed E-state index contributed by atoms with van der Waals surface area (Å²) in [4.78, 5) is 20.8. The van der Waals surface area contributed by atoms with Crippen LogP contribution in [0.15, 0.2) is 0 Å². The topological polar surface area (TPSA) is 76.7 Å². The first-order chi connectivity index (χ1) is 8.84. The number of nitrogens with one attached hydrogen (secondary N) is 2. The predicted molar refractivity (Wildman–Crippen MR) is 59.4 cm³/mol. The van der Waals surface area contributed by atoms with Gasteiger partial charge in [0.2, 0.25) is 5.91 Å². The Labute approximate surface area is 108 Å². The zero-order chi connectivity index (χ0) is 14.7. The van der Waals surface area contributed by atoms with Gasteiger partial charge in [0.15, 0.2) is 0 Å². The average molecular weight is 286 g/mol. The first-order valence-corrected chi connectivity index (χ1v) is 5.59. The molecule has 0 saturated carbocycles. The highest BCUT2D eigenvalue weighted by Crippen LogP contribution is 2.13. The molecule has 9 heteroatoms. The van der Waals surface area contributed by atoms with Crippen molar-refractivity contribution in [2.45, 2.75) is 13.1 Å². The Balaban J connectivity index is 3.24. The Morgan fingerprint density at radius 2 is 1.42 bits per heavy atom. The van der Waals surface area contributed by atoms with Crippen LogP contribution in [-0.4, -0.2) is 57.5 Å². The number of hydrogen-bond donors (Lipinski definition) is 2. The molecule has 0 unspecified atom stereocenters.